The number of hydrogen-bond donors (Lipinski definition) is 2. The van der Waals surface area contributed by atoms with Gasteiger partial charge in [0.25, 0.3) is 5.91 Å². The molecule has 0 unspecified atom stereocenters. The van der Waals surface area contributed by atoms with Gasteiger partial charge in [-0.05, 0) is 49.5 Å². The van der Waals surface area contributed by atoms with Gasteiger partial charge < -0.3 is 10.1 Å². The second kappa shape index (κ2) is 7.37. The van der Waals surface area contributed by atoms with Crippen LogP contribution in [-0.4, -0.2) is 22.6 Å². The van der Waals surface area contributed by atoms with Crippen molar-refractivity contribution in [1.82, 2.24) is 10.3 Å². The largest absolute Gasteiger partial charge is 0.494 e. The molecule has 0 fully saturated rings. The molecule has 2 N–H and O–H groups in total. The first-order valence-corrected chi connectivity index (χ1v) is 8.59. The van der Waals surface area contributed by atoms with E-state index in [1.54, 1.807) is 24.3 Å². The Morgan fingerprint density at radius 2 is 2.04 bits per heavy atom. The van der Waals surface area contributed by atoms with Crippen LogP contribution in [0.3, 0.4) is 0 Å². The van der Waals surface area contributed by atoms with Gasteiger partial charge in [0.15, 0.2) is 10.2 Å². The quantitative estimate of drug-likeness (QED) is 0.695. The molecular weight excluding hydrogens is 342 g/mol. The minimum atomic E-state index is -0.257. The summed E-state index contributed by atoms with van der Waals surface area (Å²) in [5, 5.41) is 6.43. The molecule has 0 bridgehead atoms. The maximum Gasteiger partial charge on any atom is 0.257 e. The standard InChI is InChI=1S/C17H15N3O2S2/c1-2-22-12-8-9-13-14(10-12)24-17(18-13)20-16(23)19-15(21)11-6-4-3-5-7-11/h3-10H,2H2,1H3,(H2,18,19,20,21,23). The summed E-state index contributed by atoms with van der Waals surface area (Å²) in [5.74, 6) is 0.549. The number of anilines is 1. The molecular formula is C17H15N3O2S2. The number of rotatable bonds is 4. The zero-order valence-electron chi connectivity index (χ0n) is 12.9. The number of ether oxygens (including phenoxy) is 1. The molecule has 1 aromatic heterocycles. The Labute approximate surface area is 148 Å². The number of thiocarbonyl (C=S) groups is 1. The van der Waals surface area contributed by atoms with Crippen molar-refractivity contribution in [1.29, 1.82) is 0 Å². The Bertz CT molecular complexity index is 878. The molecule has 3 aromatic rings. The lowest BCUT2D eigenvalue weighted by molar-refractivity contribution is 0.0977. The molecule has 0 atom stereocenters. The summed E-state index contributed by atoms with van der Waals surface area (Å²) in [6, 6.07) is 14.6. The van der Waals surface area contributed by atoms with Gasteiger partial charge in [0.2, 0.25) is 0 Å². The predicted molar refractivity (Wildman–Crippen MR) is 101 cm³/mol. The van der Waals surface area contributed by atoms with Crippen LogP contribution in [0, 0.1) is 0 Å². The van der Waals surface area contributed by atoms with Gasteiger partial charge in [-0.25, -0.2) is 4.98 Å². The van der Waals surface area contributed by atoms with Crippen molar-refractivity contribution in [2.45, 2.75) is 6.92 Å². The van der Waals surface area contributed by atoms with Crippen LogP contribution in [0.5, 0.6) is 5.75 Å². The molecule has 1 heterocycles. The number of thiazole rings is 1. The van der Waals surface area contributed by atoms with E-state index in [1.807, 2.05) is 31.2 Å². The molecule has 0 aliphatic rings. The number of aromatic nitrogens is 1. The molecule has 3 rings (SSSR count). The molecule has 122 valence electrons. The normalized spacial score (nSPS) is 10.4. The van der Waals surface area contributed by atoms with Crippen LogP contribution < -0.4 is 15.4 Å². The van der Waals surface area contributed by atoms with Crippen molar-refractivity contribution in [2.75, 3.05) is 11.9 Å². The number of nitrogens with one attached hydrogen (secondary N) is 2. The molecule has 0 radical (unpaired) electrons. The number of fused-ring (bicyclic) bond motifs is 1. The van der Waals surface area contributed by atoms with E-state index in [2.05, 4.69) is 15.6 Å². The smallest absolute Gasteiger partial charge is 0.257 e. The van der Waals surface area contributed by atoms with Gasteiger partial charge in [0.1, 0.15) is 5.75 Å². The Morgan fingerprint density at radius 1 is 1.25 bits per heavy atom. The number of benzene rings is 2. The van der Waals surface area contributed by atoms with E-state index in [0.29, 0.717) is 17.3 Å². The minimum absolute atomic E-state index is 0.216. The monoisotopic (exact) mass is 357 g/mol. The Balaban J connectivity index is 1.68. The van der Waals surface area contributed by atoms with Gasteiger partial charge in [-0.2, -0.15) is 0 Å². The third-order valence-electron chi connectivity index (χ3n) is 3.15. The molecule has 1 amide bonds. The average molecular weight is 357 g/mol. The number of nitrogens with zero attached hydrogens (tertiary/aromatic N) is 1. The number of carbonyl (C=O) groups excluding carboxylic acids is 1. The SMILES string of the molecule is CCOc1ccc2nc(NC(=S)NC(=O)c3ccccc3)sc2c1. The van der Waals surface area contributed by atoms with Gasteiger partial charge in [-0.15, -0.1) is 0 Å². The first kappa shape index (κ1) is 16.4. The summed E-state index contributed by atoms with van der Waals surface area (Å²) >= 11 is 6.63. The number of amides is 1. The fourth-order valence-electron chi connectivity index (χ4n) is 2.11. The van der Waals surface area contributed by atoms with Crippen LogP contribution in [0.25, 0.3) is 10.2 Å². The molecule has 0 spiro atoms. The van der Waals surface area contributed by atoms with E-state index in [9.17, 15) is 4.79 Å². The van der Waals surface area contributed by atoms with Gasteiger partial charge in [0, 0.05) is 5.56 Å². The maximum absolute atomic E-state index is 12.1. The average Bonchev–Trinajstić information content (AvgIpc) is 2.97. The Hall–Kier alpha value is -2.51. The second-order valence-electron chi connectivity index (χ2n) is 4.86. The fourth-order valence-corrected chi connectivity index (χ4v) is 3.26. The third-order valence-corrected chi connectivity index (χ3v) is 4.29. The fraction of sp³-hybridized carbons (Fsp3) is 0.118. The van der Waals surface area contributed by atoms with Crippen LogP contribution in [0.15, 0.2) is 48.5 Å². The van der Waals surface area contributed by atoms with Gasteiger partial charge in [-0.1, -0.05) is 29.5 Å². The Morgan fingerprint density at radius 3 is 2.79 bits per heavy atom. The zero-order valence-corrected chi connectivity index (χ0v) is 14.5. The van der Waals surface area contributed by atoms with Gasteiger partial charge >= 0.3 is 0 Å². The van der Waals surface area contributed by atoms with Crippen molar-refractivity contribution < 1.29 is 9.53 Å². The molecule has 0 saturated carbocycles. The lowest BCUT2D eigenvalue weighted by atomic mass is 10.2. The highest BCUT2D eigenvalue weighted by atomic mass is 32.1. The lowest BCUT2D eigenvalue weighted by Crippen LogP contribution is -2.34. The summed E-state index contributed by atoms with van der Waals surface area (Å²) in [5.41, 5.74) is 1.40. The topological polar surface area (TPSA) is 63.2 Å². The van der Waals surface area contributed by atoms with Crippen molar-refractivity contribution in [2.24, 2.45) is 0 Å². The van der Waals surface area contributed by atoms with Gasteiger partial charge in [0.05, 0.1) is 16.8 Å². The summed E-state index contributed by atoms with van der Waals surface area (Å²) in [4.78, 5) is 16.5. The number of carbonyl (C=O) groups is 1. The first-order valence-electron chi connectivity index (χ1n) is 7.36. The van der Waals surface area contributed by atoms with Crippen molar-refractivity contribution in [3.8, 4) is 5.75 Å². The van der Waals surface area contributed by atoms with Crippen LogP contribution in [0.2, 0.25) is 0 Å². The highest BCUT2D eigenvalue weighted by Crippen LogP contribution is 2.29. The summed E-state index contributed by atoms with van der Waals surface area (Å²) in [6.07, 6.45) is 0. The predicted octanol–water partition coefficient (Wildman–Crippen LogP) is 3.82. The molecule has 0 saturated heterocycles. The van der Waals surface area contributed by atoms with E-state index in [0.717, 1.165) is 16.0 Å². The van der Waals surface area contributed by atoms with Gasteiger partial charge in [-0.3, -0.25) is 10.1 Å². The lowest BCUT2D eigenvalue weighted by Gasteiger charge is -2.06. The number of hydrogen-bond acceptors (Lipinski definition) is 5. The molecule has 24 heavy (non-hydrogen) atoms. The van der Waals surface area contributed by atoms with Crippen molar-refractivity contribution >= 4 is 49.9 Å². The van der Waals surface area contributed by atoms with Crippen molar-refractivity contribution in [3.05, 3.63) is 54.1 Å². The first-order chi connectivity index (χ1) is 11.7. The second-order valence-corrected chi connectivity index (χ2v) is 6.29. The van der Waals surface area contributed by atoms with E-state index >= 15 is 0 Å². The van der Waals surface area contributed by atoms with E-state index in [4.69, 9.17) is 17.0 Å². The van der Waals surface area contributed by atoms with Crippen LogP contribution in [0.4, 0.5) is 5.13 Å². The molecule has 0 aliphatic heterocycles. The molecule has 0 aliphatic carbocycles. The van der Waals surface area contributed by atoms with Crippen LogP contribution in [0.1, 0.15) is 17.3 Å². The summed E-state index contributed by atoms with van der Waals surface area (Å²) in [6.45, 7) is 2.56. The summed E-state index contributed by atoms with van der Waals surface area (Å²) < 4.78 is 6.47. The summed E-state index contributed by atoms with van der Waals surface area (Å²) in [7, 11) is 0. The van der Waals surface area contributed by atoms with E-state index in [1.165, 1.54) is 11.3 Å². The highest BCUT2D eigenvalue weighted by Gasteiger charge is 2.10. The van der Waals surface area contributed by atoms with Crippen LogP contribution >= 0.6 is 23.6 Å². The molecule has 7 heteroatoms. The van der Waals surface area contributed by atoms with E-state index < -0.39 is 0 Å². The minimum Gasteiger partial charge on any atom is -0.494 e. The van der Waals surface area contributed by atoms with Crippen molar-refractivity contribution in [3.63, 3.8) is 0 Å². The maximum atomic E-state index is 12.1. The van der Waals surface area contributed by atoms with E-state index in [-0.39, 0.29) is 11.0 Å². The third kappa shape index (κ3) is 3.87. The van der Waals surface area contributed by atoms with Crippen LogP contribution in [-0.2, 0) is 0 Å². The highest BCUT2D eigenvalue weighted by molar-refractivity contribution is 7.80. The zero-order chi connectivity index (χ0) is 16.9. The molecule has 2 aromatic carbocycles. The Kier molecular flexibility index (Phi) is 5.02. The molecule has 5 nitrogen and oxygen atoms in total.